The number of carbonyl (C=O) groups excluding carboxylic acids is 2. The first-order chi connectivity index (χ1) is 18.4. The molecule has 214 valence electrons. The Hall–Kier alpha value is -1.71. The Morgan fingerprint density at radius 1 is 0.974 bits per heavy atom. The van der Waals surface area contributed by atoms with Gasteiger partial charge in [-0.2, -0.15) is 0 Å². The Labute approximate surface area is 250 Å². The summed E-state index contributed by atoms with van der Waals surface area (Å²) < 4.78 is 26.2. The van der Waals surface area contributed by atoms with Crippen molar-refractivity contribution >= 4 is 73.9 Å². The van der Waals surface area contributed by atoms with Crippen molar-refractivity contribution in [1.29, 1.82) is 0 Å². The van der Waals surface area contributed by atoms with Gasteiger partial charge in [0, 0.05) is 40.6 Å². The number of hydrogen-bond acceptors (Lipinski definition) is 4. The number of anilines is 1. The fourth-order valence-corrected chi connectivity index (χ4v) is 6.52. The van der Waals surface area contributed by atoms with Gasteiger partial charge in [-0.05, 0) is 62.1 Å². The molecule has 1 N–H and O–H groups in total. The van der Waals surface area contributed by atoms with Crippen LogP contribution in [0.2, 0.25) is 20.1 Å². The summed E-state index contributed by atoms with van der Waals surface area (Å²) in [6, 6.07) is 8.88. The lowest BCUT2D eigenvalue weighted by Crippen LogP contribution is -2.50. The van der Waals surface area contributed by atoms with Crippen LogP contribution in [0.1, 0.15) is 57.4 Å². The maximum atomic E-state index is 13.5. The van der Waals surface area contributed by atoms with Gasteiger partial charge in [0.05, 0.1) is 17.0 Å². The van der Waals surface area contributed by atoms with E-state index in [0.717, 1.165) is 42.7 Å². The summed E-state index contributed by atoms with van der Waals surface area (Å²) in [5.41, 5.74) is 0.888. The topological polar surface area (TPSA) is 86.8 Å². The molecule has 2 aromatic carbocycles. The highest BCUT2D eigenvalue weighted by Gasteiger charge is 2.29. The predicted molar refractivity (Wildman–Crippen MR) is 159 cm³/mol. The van der Waals surface area contributed by atoms with Gasteiger partial charge in [-0.3, -0.25) is 13.9 Å². The third-order valence-corrected chi connectivity index (χ3v) is 9.13. The molecule has 0 aliphatic heterocycles. The van der Waals surface area contributed by atoms with Crippen molar-refractivity contribution in [3.05, 3.63) is 62.1 Å². The number of hydrogen-bond donors (Lipinski definition) is 1. The van der Waals surface area contributed by atoms with Gasteiger partial charge >= 0.3 is 0 Å². The van der Waals surface area contributed by atoms with Crippen molar-refractivity contribution in [2.75, 3.05) is 17.1 Å². The Bertz CT molecular complexity index is 1290. The van der Waals surface area contributed by atoms with Gasteiger partial charge in [0.15, 0.2) is 0 Å². The smallest absolute Gasteiger partial charge is 0.242 e. The molecule has 0 saturated heterocycles. The van der Waals surface area contributed by atoms with Gasteiger partial charge in [-0.25, -0.2) is 8.42 Å². The number of halogens is 4. The third-order valence-electron chi connectivity index (χ3n) is 6.80. The van der Waals surface area contributed by atoms with Crippen molar-refractivity contribution in [3.8, 4) is 0 Å². The summed E-state index contributed by atoms with van der Waals surface area (Å²) in [5.74, 6) is -0.540. The van der Waals surface area contributed by atoms with E-state index in [1.165, 1.54) is 17.0 Å². The third kappa shape index (κ3) is 9.15. The number of sulfonamides is 1. The summed E-state index contributed by atoms with van der Waals surface area (Å²) in [6.45, 7) is 1.79. The van der Waals surface area contributed by atoms with Crippen LogP contribution in [0.15, 0.2) is 36.4 Å². The molecule has 1 atom stereocenters. The average Bonchev–Trinajstić information content (AvgIpc) is 2.87. The highest BCUT2D eigenvalue weighted by molar-refractivity contribution is 7.92. The van der Waals surface area contributed by atoms with E-state index in [-0.39, 0.29) is 54.5 Å². The van der Waals surface area contributed by atoms with E-state index in [1.54, 1.807) is 31.2 Å². The normalized spacial score (nSPS) is 15.0. The first-order valence-corrected chi connectivity index (χ1v) is 16.2. The molecule has 0 radical (unpaired) electrons. The minimum atomic E-state index is -3.71. The van der Waals surface area contributed by atoms with E-state index in [9.17, 15) is 18.0 Å². The molecule has 1 fully saturated rings. The molecule has 2 amide bonds. The second-order valence-corrected chi connectivity index (χ2v) is 13.4. The molecule has 12 heteroatoms. The van der Waals surface area contributed by atoms with Crippen molar-refractivity contribution < 1.29 is 18.0 Å². The quantitative estimate of drug-likeness (QED) is 0.297. The van der Waals surface area contributed by atoms with E-state index in [0.29, 0.717) is 20.6 Å². The van der Waals surface area contributed by atoms with Crippen molar-refractivity contribution in [2.24, 2.45) is 0 Å². The van der Waals surface area contributed by atoms with Crippen LogP contribution in [0.25, 0.3) is 0 Å². The minimum absolute atomic E-state index is 0.00281. The monoisotopic (exact) mass is 635 g/mol. The first-order valence-electron chi connectivity index (χ1n) is 12.8. The average molecular weight is 637 g/mol. The van der Waals surface area contributed by atoms with Crippen molar-refractivity contribution in [3.63, 3.8) is 0 Å². The molecule has 39 heavy (non-hydrogen) atoms. The number of nitrogens with one attached hydrogen (secondary N) is 1. The second kappa shape index (κ2) is 14.3. The summed E-state index contributed by atoms with van der Waals surface area (Å²) in [7, 11) is -3.71. The van der Waals surface area contributed by atoms with Crippen molar-refractivity contribution in [2.45, 2.75) is 70.5 Å². The Balaban J connectivity index is 1.77. The molecule has 3 rings (SSSR count). The molecular formula is C27H33Cl4N3O4S. The molecule has 1 aliphatic carbocycles. The van der Waals surface area contributed by atoms with Gasteiger partial charge in [-0.15, -0.1) is 0 Å². The number of benzene rings is 2. The maximum absolute atomic E-state index is 13.5. The highest BCUT2D eigenvalue weighted by Crippen LogP contribution is 2.31. The molecule has 0 bridgehead atoms. The van der Waals surface area contributed by atoms with Gasteiger partial charge in [0.2, 0.25) is 21.8 Å². The summed E-state index contributed by atoms with van der Waals surface area (Å²) in [6.07, 6.45) is 6.38. The van der Waals surface area contributed by atoms with Crippen LogP contribution in [0.5, 0.6) is 0 Å². The van der Waals surface area contributed by atoms with E-state index < -0.39 is 16.1 Å². The molecule has 1 aliphatic rings. The largest absolute Gasteiger partial charge is 0.352 e. The zero-order valence-corrected chi connectivity index (χ0v) is 25.8. The summed E-state index contributed by atoms with van der Waals surface area (Å²) >= 11 is 24.8. The van der Waals surface area contributed by atoms with Gasteiger partial charge in [-0.1, -0.05) is 71.7 Å². The van der Waals surface area contributed by atoms with E-state index >= 15 is 0 Å². The van der Waals surface area contributed by atoms with Gasteiger partial charge in [0.25, 0.3) is 0 Å². The Kier molecular flexibility index (Phi) is 11.6. The zero-order valence-electron chi connectivity index (χ0n) is 21.9. The minimum Gasteiger partial charge on any atom is -0.352 e. The fourth-order valence-electron chi connectivity index (χ4n) is 4.64. The van der Waals surface area contributed by atoms with Crippen molar-refractivity contribution in [1.82, 2.24) is 10.2 Å². The predicted octanol–water partition coefficient (Wildman–Crippen LogP) is 6.71. The van der Waals surface area contributed by atoms with Gasteiger partial charge in [0.1, 0.15) is 6.04 Å². The van der Waals surface area contributed by atoms with E-state index in [1.807, 2.05) is 0 Å². The lowest BCUT2D eigenvalue weighted by atomic mass is 9.95. The lowest BCUT2D eigenvalue weighted by molar-refractivity contribution is -0.141. The maximum Gasteiger partial charge on any atom is 0.242 e. The zero-order chi connectivity index (χ0) is 28.7. The number of carbonyl (C=O) groups is 2. The fraction of sp³-hybridized carbons (Fsp3) is 0.481. The highest BCUT2D eigenvalue weighted by atomic mass is 35.5. The molecule has 2 aromatic rings. The van der Waals surface area contributed by atoms with Crippen LogP contribution in [0.4, 0.5) is 5.69 Å². The molecule has 0 spiro atoms. The van der Waals surface area contributed by atoms with Crippen LogP contribution in [-0.4, -0.2) is 50.0 Å². The first kappa shape index (κ1) is 31.8. The standard InChI is InChI=1S/C27H33Cl4N3O4S/c1-18(27(36)32-22-7-4-3-5-8-22)33(17-19-10-11-20(28)15-24(19)31)26(35)9-6-14-34(39(2,37)38)25-16-21(29)12-13-23(25)30/h10-13,15-16,18,22H,3-9,14,17H2,1-2H3,(H,32,36)/t18-/m1/s1. The number of amides is 2. The Morgan fingerprint density at radius 2 is 1.62 bits per heavy atom. The Morgan fingerprint density at radius 3 is 2.26 bits per heavy atom. The van der Waals surface area contributed by atoms with E-state index in [4.69, 9.17) is 46.4 Å². The SMILES string of the molecule is C[C@H](C(=O)NC1CCCCC1)N(Cc1ccc(Cl)cc1Cl)C(=O)CCCN(c1cc(Cl)ccc1Cl)S(C)(=O)=O. The molecule has 0 aromatic heterocycles. The van der Waals surface area contributed by atoms with Crippen LogP contribution in [0.3, 0.4) is 0 Å². The van der Waals surface area contributed by atoms with Crippen LogP contribution < -0.4 is 9.62 Å². The van der Waals surface area contributed by atoms with Crippen LogP contribution >= 0.6 is 46.4 Å². The molecule has 7 nitrogen and oxygen atoms in total. The second-order valence-electron chi connectivity index (χ2n) is 9.81. The van der Waals surface area contributed by atoms with Crippen LogP contribution in [-0.2, 0) is 26.2 Å². The molecule has 0 unspecified atom stereocenters. The van der Waals surface area contributed by atoms with Gasteiger partial charge < -0.3 is 10.2 Å². The number of rotatable bonds is 11. The van der Waals surface area contributed by atoms with Crippen LogP contribution in [0, 0.1) is 0 Å². The summed E-state index contributed by atoms with van der Waals surface area (Å²) in [4.78, 5) is 28.2. The molecular weight excluding hydrogens is 604 g/mol. The lowest BCUT2D eigenvalue weighted by Gasteiger charge is -2.32. The number of nitrogens with zero attached hydrogens (tertiary/aromatic N) is 2. The summed E-state index contributed by atoms with van der Waals surface area (Å²) in [5, 5.41) is 4.50. The van der Waals surface area contributed by atoms with E-state index in [2.05, 4.69) is 5.32 Å². The molecule has 0 heterocycles. The molecule has 1 saturated carbocycles.